The van der Waals surface area contributed by atoms with E-state index in [4.69, 9.17) is 9.47 Å². The van der Waals surface area contributed by atoms with Gasteiger partial charge >= 0.3 is 0 Å². The van der Waals surface area contributed by atoms with Crippen LogP contribution in [0.5, 0.6) is 17.2 Å². The summed E-state index contributed by atoms with van der Waals surface area (Å²) >= 11 is 0. The summed E-state index contributed by atoms with van der Waals surface area (Å²) in [6, 6.07) is 22.9. The van der Waals surface area contributed by atoms with E-state index in [1.807, 2.05) is 25.3 Å². The lowest BCUT2D eigenvalue weighted by molar-refractivity contribution is 0.411. The van der Waals surface area contributed by atoms with Gasteiger partial charge in [0.05, 0.1) is 7.11 Å². The molecule has 0 saturated carbocycles. The van der Waals surface area contributed by atoms with Crippen LogP contribution < -0.4 is 9.47 Å². The van der Waals surface area contributed by atoms with Crippen molar-refractivity contribution in [3.63, 3.8) is 0 Å². The molecule has 0 aliphatic heterocycles. The van der Waals surface area contributed by atoms with Gasteiger partial charge in [-0.05, 0) is 52.6 Å². The van der Waals surface area contributed by atoms with Gasteiger partial charge in [0, 0.05) is 29.8 Å². The van der Waals surface area contributed by atoms with Crippen molar-refractivity contribution in [2.45, 2.75) is 39.5 Å². The van der Waals surface area contributed by atoms with Gasteiger partial charge in [-0.25, -0.2) is 0 Å². The monoisotopic (exact) mass is 411 g/mol. The van der Waals surface area contributed by atoms with Gasteiger partial charge in [-0.15, -0.1) is 0 Å². The van der Waals surface area contributed by atoms with Crippen LogP contribution in [0.3, 0.4) is 0 Å². The number of hydrogen-bond acceptors (Lipinski definition) is 3. The van der Waals surface area contributed by atoms with Crippen LogP contribution >= 0.6 is 0 Å². The van der Waals surface area contributed by atoms with Crippen LogP contribution in [0.2, 0.25) is 0 Å². The van der Waals surface area contributed by atoms with Crippen molar-refractivity contribution in [2.24, 2.45) is 0 Å². The lowest BCUT2D eigenvalue weighted by atomic mass is 9.83. The number of pyridine rings is 1. The van der Waals surface area contributed by atoms with Crippen LogP contribution in [0.4, 0.5) is 0 Å². The van der Waals surface area contributed by atoms with Crippen molar-refractivity contribution in [3.05, 3.63) is 95.3 Å². The third-order valence-corrected chi connectivity index (χ3v) is 5.57. The fourth-order valence-electron chi connectivity index (χ4n) is 3.94. The van der Waals surface area contributed by atoms with Crippen molar-refractivity contribution in [3.8, 4) is 17.2 Å². The van der Waals surface area contributed by atoms with Gasteiger partial charge in [-0.2, -0.15) is 0 Å². The summed E-state index contributed by atoms with van der Waals surface area (Å²) in [5.74, 6) is 2.55. The SMILES string of the molecule is COc1cc(Cc2cc(Oc3ccc(C(C)(C)C)c4ccccc34)ccn2)ccc1C. The van der Waals surface area contributed by atoms with Crippen LogP contribution in [-0.4, -0.2) is 12.1 Å². The van der Waals surface area contributed by atoms with E-state index in [-0.39, 0.29) is 5.41 Å². The Balaban J connectivity index is 1.63. The molecule has 0 fully saturated rings. The molecule has 3 nitrogen and oxygen atoms in total. The Morgan fingerprint density at radius 2 is 1.61 bits per heavy atom. The van der Waals surface area contributed by atoms with Gasteiger partial charge in [0.15, 0.2) is 0 Å². The highest BCUT2D eigenvalue weighted by atomic mass is 16.5. The molecule has 0 amide bonds. The predicted molar refractivity (Wildman–Crippen MR) is 127 cm³/mol. The average Bonchev–Trinajstić information content (AvgIpc) is 2.75. The average molecular weight is 412 g/mol. The van der Waals surface area contributed by atoms with Crippen LogP contribution in [0.25, 0.3) is 10.8 Å². The fourth-order valence-corrected chi connectivity index (χ4v) is 3.94. The first-order chi connectivity index (χ1) is 14.8. The molecule has 0 radical (unpaired) electrons. The van der Waals surface area contributed by atoms with Crippen LogP contribution in [0.1, 0.15) is 43.2 Å². The van der Waals surface area contributed by atoms with Crippen LogP contribution in [0.15, 0.2) is 72.9 Å². The van der Waals surface area contributed by atoms with Crippen molar-refractivity contribution >= 4 is 10.8 Å². The van der Waals surface area contributed by atoms with E-state index in [0.717, 1.165) is 45.9 Å². The second kappa shape index (κ2) is 8.43. The third kappa shape index (κ3) is 4.56. The molecule has 4 rings (SSSR count). The first kappa shape index (κ1) is 20.9. The Hall–Kier alpha value is -3.33. The molecule has 1 heterocycles. The molecule has 31 heavy (non-hydrogen) atoms. The van der Waals surface area contributed by atoms with E-state index < -0.39 is 0 Å². The van der Waals surface area contributed by atoms with E-state index in [1.165, 1.54) is 10.9 Å². The van der Waals surface area contributed by atoms with Crippen LogP contribution in [0, 0.1) is 6.92 Å². The Labute approximate surface area is 184 Å². The summed E-state index contributed by atoms with van der Waals surface area (Å²) in [6.07, 6.45) is 2.53. The van der Waals surface area contributed by atoms with Gasteiger partial charge in [-0.3, -0.25) is 4.98 Å². The highest BCUT2D eigenvalue weighted by Crippen LogP contribution is 2.37. The Morgan fingerprint density at radius 1 is 0.839 bits per heavy atom. The largest absolute Gasteiger partial charge is 0.496 e. The van der Waals surface area contributed by atoms with E-state index in [1.54, 1.807) is 7.11 Å². The second-order valence-electron chi connectivity index (χ2n) is 8.97. The van der Waals surface area contributed by atoms with Gasteiger partial charge < -0.3 is 9.47 Å². The van der Waals surface area contributed by atoms with Crippen molar-refractivity contribution in [2.75, 3.05) is 7.11 Å². The van der Waals surface area contributed by atoms with Gasteiger partial charge in [-0.1, -0.05) is 63.2 Å². The first-order valence-corrected chi connectivity index (χ1v) is 10.6. The van der Waals surface area contributed by atoms with Crippen LogP contribution in [-0.2, 0) is 11.8 Å². The quantitative estimate of drug-likeness (QED) is 0.347. The zero-order valence-corrected chi connectivity index (χ0v) is 18.9. The van der Waals surface area contributed by atoms with E-state index in [0.29, 0.717) is 0 Å². The Morgan fingerprint density at radius 3 is 2.35 bits per heavy atom. The smallest absolute Gasteiger partial charge is 0.135 e. The number of aryl methyl sites for hydroxylation is 1. The standard InChI is InChI=1S/C28H29NO2/c1-19-10-11-20(17-27(19)30-5)16-21-18-22(14-15-29-21)31-26-13-12-25(28(2,3)4)23-8-6-7-9-24(23)26/h6-15,17-18H,16H2,1-5H3. The fraction of sp³-hybridized carbons (Fsp3) is 0.250. The lowest BCUT2D eigenvalue weighted by Crippen LogP contribution is -2.11. The number of fused-ring (bicyclic) bond motifs is 1. The highest BCUT2D eigenvalue weighted by Gasteiger charge is 2.18. The summed E-state index contributed by atoms with van der Waals surface area (Å²) in [6.45, 7) is 8.77. The normalized spacial score (nSPS) is 11.5. The number of benzene rings is 3. The second-order valence-corrected chi connectivity index (χ2v) is 8.97. The molecule has 0 bridgehead atoms. The van der Waals surface area contributed by atoms with Gasteiger partial charge in [0.1, 0.15) is 17.2 Å². The maximum Gasteiger partial charge on any atom is 0.135 e. The maximum atomic E-state index is 6.34. The number of methoxy groups -OCH3 is 1. The zero-order valence-electron chi connectivity index (χ0n) is 18.9. The summed E-state index contributed by atoms with van der Waals surface area (Å²) < 4.78 is 11.8. The Bertz CT molecular complexity index is 1220. The molecular weight excluding hydrogens is 382 g/mol. The van der Waals surface area contributed by atoms with E-state index in [2.05, 4.69) is 80.4 Å². The highest BCUT2D eigenvalue weighted by molar-refractivity contribution is 5.92. The minimum Gasteiger partial charge on any atom is -0.496 e. The molecule has 158 valence electrons. The van der Waals surface area contributed by atoms with Gasteiger partial charge in [0.2, 0.25) is 0 Å². The number of aromatic nitrogens is 1. The van der Waals surface area contributed by atoms with E-state index in [9.17, 15) is 0 Å². The molecule has 0 atom stereocenters. The molecule has 0 aliphatic carbocycles. The van der Waals surface area contributed by atoms with Crippen molar-refractivity contribution in [1.82, 2.24) is 4.98 Å². The minimum atomic E-state index is 0.0665. The topological polar surface area (TPSA) is 31.4 Å². The van der Waals surface area contributed by atoms with E-state index >= 15 is 0 Å². The van der Waals surface area contributed by atoms with Crippen molar-refractivity contribution < 1.29 is 9.47 Å². The third-order valence-electron chi connectivity index (χ3n) is 5.57. The molecule has 0 aliphatic rings. The summed E-state index contributed by atoms with van der Waals surface area (Å²) in [5, 5.41) is 2.35. The molecule has 0 saturated heterocycles. The molecule has 0 spiro atoms. The van der Waals surface area contributed by atoms with Gasteiger partial charge in [0.25, 0.3) is 0 Å². The molecule has 4 aromatic rings. The molecule has 3 aromatic carbocycles. The minimum absolute atomic E-state index is 0.0665. The number of rotatable bonds is 5. The lowest BCUT2D eigenvalue weighted by Gasteiger charge is -2.22. The Kier molecular flexibility index (Phi) is 5.69. The number of hydrogen-bond donors (Lipinski definition) is 0. The summed E-state index contributed by atoms with van der Waals surface area (Å²) in [4.78, 5) is 4.54. The molecule has 3 heteroatoms. The molecule has 1 aromatic heterocycles. The number of ether oxygens (including phenoxy) is 2. The summed E-state index contributed by atoms with van der Waals surface area (Å²) in [7, 11) is 1.70. The van der Waals surface area contributed by atoms with Crippen molar-refractivity contribution in [1.29, 1.82) is 0 Å². The maximum absolute atomic E-state index is 6.34. The zero-order chi connectivity index (χ0) is 22.0. The molecule has 0 unspecified atom stereocenters. The molecular formula is C28H29NO2. The predicted octanol–water partition coefficient (Wildman–Crippen LogP) is 7.23. The number of nitrogens with zero attached hydrogens (tertiary/aromatic N) is 1. The summed E-state index contributed by atoms with van der Waals surface area (Å²) in [5.41, 5.74) is 4.63. The first-order valence-electron chi connectivity index (χ1n) is 10.6. The molecule has 0 N–H and O–H groups in total.